The molecule has 13 heteroatoms. The number of ketones is 1. The minimum Gasteiger partial charge on any atom is -0.480 e. The molecule has 0 aromatic heterocycles. The third-order valence-corrected chi connectivity index (χ3v) is 5.92. The zero-order valence-electron chi connectivity index (χ0n) is 17.9. The van der Waals surface area contributed by atoms with Crippen LogP contribution in [0.1, 0.15) is 44.9 Å². The van der Waals surface area contributed by atoms with Crippen LogP contribution in [0.15, 0.2) is 0 Å². The van der Waals surface area contributed by atoms with Crippen molar-refractivity contribution >= 4 is 47.5 Å². The normalized spacial score (nSPS) is 14.8. The van der Waals surface area contributed by atoms with Crippen molar-refractivity contribution in [3.05, 3.63) is 0 Å². The highest BCUT2D eigenvalue weighted by atomic mass is 32.2. The number of amides is 5. The van der Waals surface area contributed by atoms with Crippen LogP contribution in [0, 0.1) is 0 Å². The molecule has 0 spiro atoms. The standard InChI is InChI=1S/C19H30N4O8S/c1-22(19(30)31)18(29)23(15(25)8-7-13(20)17(27)28)9-10-32-11-14(24)16(26)21-12-5-3-2-4-6-12/h12-13H,2-11,20H2,1H3,(H,21,26)(H,27,28)(H,30,31). The Balaban J connectivity index is 2.57. The molecule has 0 aromatic carbocycles. The first-order chi connectivity index (χ1) is 15.0. The summed E-state index contributed by atoms with van der Waals surface area (Å²) >= 11 is 1.02. The quantitative estimate of drug-likeness (QED) is 0.242. The van der Waals surface area contributed by atoms with E-state index >= 15 is 0 Å². The number of aliphatic carboxylic acids is 1. The van der Waals surface area contributed by atoms with Crippen molar-refractivity contribution in [3.63, 3.8) is 0 Å². The number of imide groups is 2. The van der Waals surface area contributed by atoms with Crippen LogP contribution >= 0.6 is 11.8 Å². The van der Waals surface area contributed by atoms with Gasteiger partial charge in [-0.2, -0.15) is 11.8 Å². The number of nitrogens with two attached hydrogens (primary N) is 1. The van der Waals surface area contributed by atoms with E-state index in [4.69, 9.17) is 15.9 Å². The van der Waals surface area contributed by atoms with Crippen molar-refractivity contribution in [1.29, 1.82) is 0 Å². The van der Waals surface area contributed by atoms with Gasteiger partial charge in [0.1, 0.15) is 6.04 Å². The van der Waals surface area contributed by atoms with Gasteiger partial charge in [0.25, 0.3) is 5.91 Å². The Morgan fingerprint density at radius 3 is 2.28 bits per heavy atom. The lowest BCUT2D eigenvalue weighted by Gasteiger charge is -2.24. The number of carbonyl (C=O) groups excluding carboxylic acids is 4. The SMILES string of the molecule is CN(C(=O)O)C(=O)N(CCSCC(=O)C(=O)NC1CCCCC1)C(=O)CCC(N)C(=O)O. The summed E-state index contributed by atoms with van der Waals surface area (Å²) in [6, 6.07) is -2.41. The maximum Gasteiger partial charge on any atom is 0.415 e. The predicted molar refractivity (Wildman–Crippen MR) is 115 cm³/mol. The van der Waals surface area contributed by atoms with Gasteiger partial charge in [-0.05, 0) is 19.3 Å². The molecular weight excluding hydrogens is 444 g/mol. The molecule has 12 nitrogen and oxygen atoms in total. The lowest BCUT2D eigenvalue weighted by molar-refractivity contribution is -0.138. The first-order valence-corrected chi connectivity index (χ1v) is 11.4. The molecule has 180 valence electrons. The molecule has 32 heavy (non-hydrogen) atoms. The van der Waals surface area contributed by atoms with E-state index < -0.39 is 41.7 Å². The number of thioether (sulfide) groups is 1. The zero-order chi connectivity index (χ0) is 24.3. The Hall–Kier alpha value is -2.67. The molecule has 1 fully saturated rings. The highest BCUT2D eigenvalue weighted by Gasteiger charge is 2.28. The Bertz CT molecular complexity index is 726. The summed E-state index contributed by atoms with van der Waals surface area (Å²) in [5.41, 5.74) is 5.36. The Kier molecular flexibility index (Phi) is 11.7. The molecule has 1 unspecified atom stereocenters. The van der Waals surface area contributed by atoms with E-state index in [0.717, 1.165) is 50.9 Å². The third kappa shape index (κ3) is 9.22. The molecule has 0 saturated heterocycles. The molecule has 1 aliphatic carbocycles. The van der Waals surface area contributed by atoms with Gasteiger partial charge in [-0.25, -0.2) is 14.5 Å². The van der Waals surface area contributed by atoms with Gasteiger partial charge in [0.15, 0.2) is 0 Å². The van der Waals surface area contributed by atoms with E-state index in [1.54, 1.807) is 0 Å². The Morgan fingerprint density at radius 1 is 1.09 bits per heavy atom. The van der Waals surface area contributed by atoms with Crippen LogP contribution in [0.2, 0.25) is 0 Å². The predicted octanol–water partition coefficient (Wildman–Crippen LogP) is 0.488. The van der Waals surface area contributed by atoms with Gasteiger partial charge in [0.2, 0.25) is 11.7 Å². The van der Waals surface area contributed by atoms with Crippen LogP contribution in [0.25, 0.3) is 0 Å². The Morgan fingerprint density at radius 2 is 1.72 bits per heavy atom. The molecule has 5 amide bonds. The van der Waals surface area contributed by atoms with Gasteiger partial charge < -0.3 is 21.3 Å². The van der Waals surface area contributed by atoms with Crippen LogP contribution in [-0.2, 0) is 19.2 Å². The lowest BCUT2D eigenvalue weighted by Crippen LogP contribution is -2.48. The summed E-state index contributed by atoms with van der Waals surface area (Å²) in [6.45, 7) is -0.222. The van der Waals surface area contributed by atoms with Crippen molar-refractivity contribution in [3.8, 4) is 0 Å². The monoisotopic (exact) mass is 474 g/mol. The van der Waals surface area contributed by atoms with Crippen molar-refractivity contribution < 1.29 is 39.0 Å². The van der Waals surface area contributed by atoms with Gasteiger partial charge >= 0.3 is 18.1 Å². The molecule has 0 heterocycles. The summed E-state index contributed by atoms with van der Waals surface area (Å²) in [6.07, 6.45) is 2.63. The second-order valence-corrected chi connectivity index (χ2v) is 8.54. The fourth-order valence-corrected chi connectivity index (χ4v) is 3.80. The number of carboxylic acids is 1. The molecule has 1 atom stereocenters. The Labute approximate surface area is 189 Å². The maximum atomic E-state index is 12.4. The second kappa shape index (κ2) is 13.7. The summed E-state index contributed by atoms with van der Waals surface area (Å²) in [7, 11) is 0.972. The van der Waals surface area contributed by atoms with Crippen LogP contribution < -0.4 is 11.1 Å². The number of rotatable bonds is 11. The molecule has 1 rings (SSSR count). The average Bonchev–Trinajstić information content (AvgIpc) is 2.76. The number of Topliss-reactive ketones (excluding diaryl/α,β-unsaturated/α-hetero) is 1. The second-order valence-electron chi connectivity index (χ2n) is 7.44. The van der Waals surface area contributed by atoms with Gasteiger partial charge in [-0.15, -0.1) is 0 Å². The van der Waals surface area contributed by atoms with Gasteiger partial charge in [-0.1, -0.05) is 19.3 Å². The molecule has 0 radical (unpaired) electrons. The largest absolute Gasteiger partial charge is 0.480 e. The van der Waals surface area contributed by atoms with Crippen molar-refractivity contribution in [2.24, 2.45) is 5.73 Å². The van der Waals surface area contributed by atoms with E-state index in [-0.39, 0.29) is 36.9 Å². The molecule has 0 aliphatic heterocycles. The molecule has 0 bridgehead atoms. The number of nitrogens with zero attached hydrogens (tertiary/aromatic N) is 2. The number of hydrogen-bond donors (Lipinski definition) is 4. The summed E-state index contributed by atoms with van der Waals surface area (Å²) in [4.78, 5) is 71.6. The number of urea groups is 1. The number of nitrogens with one attached hydrogen (secondary N) is 1. The van der Waals surface area contributed by atoms with Crippen molar-refractivity contribution in [2.75, 3.05) is 25.1 Å². The van der Waals surface area contributed by atoms with Crippen LogP contribution in [-0.4, -0.2) is 92.9 Å². The molecule has 1 aliphatic rings. The molecule has 0 aromatic rings. The zero-order valence-corrected chi connectivity index (χ0v) is 18.8. The topological polar surface area (TPSA) is 187 Å². The van der Waals surface area contributed by atoms with Gasteiger partial charge in [-0.3, -0.25) is 24.1 Å². The number of carbonyl (C=O) groups is 6. The summed E-state index contributed by atoms with van der Waals surface area (Å²) < 4.78 is 0. The van der Waals surface area contributed by atoms with Crippen LogP contribution in [0.3, 0.4) is 0 Å². The van der Waals surface area contributed by atoms with E-state index in [2.05, 4.69) is 5.32 Å². The number of carboxylic acid groups (broad SMARTS) is 2. The minimum absolute atomic E-state index is 0.000311. The van der Waals surface area contributed by atoms with E-state index in [0.29, 0.717) is 9.80 Å². The number of hydrogen-bond acceptors (Lipinski definition) is 8. The minimum atomic E-state index is -1.57. The maximum absolute atomic E-state index is 12.4. The molecular formula is C19H30N4O8S. The molecule has 1 saturated carbocycles. The van der Waals surface area contributed by atoms with Gasteiger partial charge in [0, 0.05) is 31.8 Å². The summed E-state index contributed by atoms with van der Waals surface area (Å²) in [5.74, 6) is -3.46. The van der Waals surface area contributed by atoms with Gasteiger partial charge in [0.05, 0.1) is 5.75 Å². The summed E-state index contributed by atoms with van der Waals surface area (Å²) in [5, 5.41) is 20.5. The van der Waals surface area contributed by atoms with Crippen molar-refractivity contribution in [1.82, 2.24) is 15.1 Å². The fourth-order valence-electron chi connectivity index (χ4n) is 3.03. The highest BCUT2D eigenvalue weighted by molar-refractivity contribution is 8.00. The lowest BCUT2D eigenvalue weighted by atomic mass is 9.95. The van der Waals surface area contributed by atoms with Crippen molar-refractivity contribution in [2.45, 2.75) is 57.0 Å². The van der Waals surface area contributed by atoms with Crippen LogP contribution in [0.5, 0.6) is 0 Å². The van der Waals surface area contributed by atoms with E-state index in [9.17, 15) is 28.8 Å². The first-order valence-electron chi connectivity index (χ1n) is 10.2. The van der Waals surface area contributed by atoms with Crippen LogP contribution in [0.4, 0.5) is 9.59 Å². The average molecular weight is 475 g/mol. The van der Waals surface area contributed by atoms with E-state index in [1.807, 2.05) is 0 Å². The van der Waals surface area contributed by atoms with E-state index in [1.165, 1.54) is 0 Å². The third-order valence-electron chi connectivity index (χ3n) is 4.98. The smallest absolute Gasteiger partial charge is 0.415 e. The highest BCUT2D eigenvalue weighted by Crippen LogP contribution is 2.17. The first kappa shape index (κ1) is 27.4. The molecule has 5 N–H and O–H groups in total. The fraction of sp³-hybridized carbons (Fsp3) is 0.684.